The number of aliphatic hydroxyl groups excluding tert-OH is 1. The monoisotopic (exact) mass is 265 g/mol. The summed E-state index contributed by atoms with van der Waals surface area (Å²) in [5.41, 5.74) is 0. The Morgan fingerprint density at radius 2 is 1.86 bits per heavy atom. The number of rotatable bonds is 7. The SMILES string of the molecule is CC(O)CCN(C)CC(CBr)C(C)C. The van der Waals surface area contributed by atoms with E-state index in [9.17, 15) is 0 Å². The van der Waals surface area contributed by atoms with Crippen LogP contribution >= 0.6 is 15.9 Å². The van der Waals surface area contributed by atoms with Gasteiger partial charge in [-0.3, -0.25) is 0 Å². The van der Waals surface area contributed by atoms with Crippen molar-refractivity contribution in [3.63, 3.8) is 0 Å². The van der Waals surface area contributed by atoms with E-state index in [4.69, 9.17) is 5.11 Å². The molecule has 0 aliphatic rings. The fraction of sp³-hybridized carbons (Fsp3) is 1.00. The van der Waals surface area contributed by atoms with Gasteiger partial charge in [0, 0.05) is 18.4 Å². The zero-order valence-electron chi connectivity index (χ0n) is 9.83. The van der Waals surface area contributed by atoms with Gasteiger partial charge in [-0.1, -0.05) is 29.8 Å². The van der Waals surface area contributed by atoms with Gasteiger partial charge in [-0.2, -0.15) is 0 Å². The third-order valence-corrected chi connectivity index (χ3v) is 3.45. The molecule has 3 heteroatoms. The minimum Gasteiger partial charge on any atom is -0.393 e. The first-order chi connectivity index (χ1) is 6.47. The van der Waals surface area contributed by atoms with Crippen LogP contribution < -0.4 is 0 Å². The Labute approximate surface area is 96.8 Å². The highest BCUT2D eigenvalue weighted by Crippen LogP contribution is 2.14. The van der Waals surface area contributed by atoms with Crippen LogP contribution in [0.1, 0.15) is 27.2 Å². The van der Waals surface area contributed by atoms with Crippen LogP contribution in [0.15, 0.2) is 0 Å². The largest absolute Gasteiger partial charge is 0.393 e. The third-order valence-electron chi connectivity index (χ3n) is 2.62. The lowest BCUT2D eigenvalue weighted by molar-refractivity contribution is 0.156. The van der Waals surface area contributed by atoms with Crippen molar-refractivity contribution in [2.24, 2.45) is 11.8 Å². The maximum absolute atomic E-state index is 9.17. The van der Waals surface area contributed by atoms with Gasteiger partial charge in [-0.25, -0.2) is 0 Å². The van der Waals surface area contributed by atoms with Crippen molar-refractivity contribution in [3.05, 3.63) is 0 Å². The molecule has 0 amide bonds. The van der Waals surface area contributed by atoms with Gasteiger partial charge in [0.25, 0.3) is 0 Å². The molecular formula is C11H24BrNO. The molecule has 86 valence electrons. The zero-order valence-corrected chi connectivity index (χ0v) is 11.4. The van der Waals surface area contributed by atoms with Crippen LogP contribution in [0.3, 0.4) is 0 Å². The van der Waals surface area contributed by atoms with E-state index in [0.717, 1.165) is 24.8 Å². The van der Waals surface area contributed by atoms with Gasteiger partial charge in [0.05, 0.1) is 6.10 Å². The van der Waals surface area contributed by atoms with Gasteiger partial charge in [-0.15, -0.1) is 0 Å². The van der Waals surface area contributed by atoms with Crippen molar-refractivity contribution in [1.82, 2.24) is 4.90 Å². The lowest BCUT2D eigenvalue weighted by Crippen LogP contribution is -2.31. The van der Waals surface area contributed by atoms with E-state index in [0.29, 0.717) is 11.8 Å². The zero-order chi connectivity index (χ0) is 11.1. The topological polar surface area (TPSA) is 23.5 Å². The standard InChI is InChI=1S/C11H24BrNO/c1-9(2)11(7-12)8-13(4)6-5-10(3)14/h9-11,14H,5-8H2,1-4H3. The molecule has 0 aliphatic heterocycles. The Balaban J connectivity index is 3.73. The lowest BCUT2D eigenvalue weighted by Gasteiger charge is -2.25. The molecule has 14 heavy (non-hydrogen) atoms. The average Bonchev–Trinajstić information content (AvgIpc) is 2.10. The number of aliphatic hydroxyl groups is 1. The van der Waals surface area contributed by atoms with Crippen molar-refractivity contribution < 1.29 is 5.11 Å². The maximum Gasteiger partial charge on any atom is 0.0524 e. The van der Waals surface area contributed by atoms with E-state index in [-0.39, 0.29) is 6.10 Å². The minimum absolute atomic E-state index is 0.182. The predicted molar refractivity (Wildman–Crippen MR) is 65.9 cm³/mol. The van der Waals surface area contributed by atoms with Crippen molar-refractivity contribution in [1.29, 1.82) is 0 Å². The summed E-state index contributed by atoms with van der Waals surface area (Å²) in [7, 11) is 2.13. The molecule has 0 spiro atoms. The predicted octanol–water partition coefficient (Wildman–Crippen LogP) is 2.36. The van der Waals surface area contributed by atoms with Crippen LogP contribution in [0.25, 0.3) is 0 Å². The summed E-state index contributed by atoms with van der Waals surface area (Å²) in [5, 5.41) is 10.2. The molecule has 0 aromatic heterocycles. The maximum atomic E-state index is 9.17. The molecule has 0 heterocycles. The molecule has 0 saturated carbocycles. The molecule has 2 nitrogen and oxygen atoms in total. The molecule has 2 atom stereocenters. The fourth-order valence-electron chi connectivity index (χ4n) is 1.34. The second-order valence-electron chi connectivity index (χ2n) is 4.56. The highest BCUT2D eigenvalue weighted by Gasteiger charge is 2.14. The van der Waals surface area contributed by atoms with Crippen LogP contribution in [0.5, 0.6) is 0 Å². The summed E-state index contributed by atoms with van der Waals surface area (Å²) in [6.45, 7) is 8.45. The van der Waals surface area contributed by atoms with Gasteiger partial charge in [0.15, 0.2) is 0 Å². The molecule has 0 fully saturated rings. The molecule has 0 bridgehead atoms. The molecule has 0 rings (SSSR count). The van der Waals surface area contributed by atoms with Crippen LogP contribution in [-0.2, 0) is 0 Å². The van der Waals surface area contributed by atoms with E-state index >= 15 is 0 Å². The number of halogens is 1. The first kappa shape index (κ1) is 14.4. The van der Waals surface area contributed by atoms with Gasteiger partial charge < -0.3 is 10.0 Å². The van der Waals surface area contributed by atoms with Crippen molar-refractivity contribution >= 4 is 15.9 Å². The summed E-state index contributed by atoms with van der Waals surface area (Å²) in [4.78, 5) is 2.30. The summed E-state index contributed by atoms with van der Waals surface area (Å²) >= 11 is 3.55. The fourth-order valence-corrected chi connectivity index (χ4v) is 2.29. The van der Waals surface area contributed by atoms with Crippen LogP contribution in [0, 0.1) is 11.8 Å². The molecular weight excluding hydrogens is 242 g/mol. The lowest BCUT2D eigenvalue weighted by atomic mass is 9.97. The molecule has 0 aromatic rings. The van der Waals surface area contributed by atoms with Crippen molar-refractivity contribution in [2.45, 2.75) is 33.3 Å². The molecule has 0 saturated heterocycles. The first-order valence-corrected chi connectivity index (χ1v) is 6.52. The van der Waals surface area contributed by atoms with Gasteiger partial charge >= 0.3 is 0 Å². The van der Waals surface area contributed by atoms with Gasteiger partial charge in [-0.05, 0) is 32.2 Å². The Morgan fingerprint density at radius 1 is 1.29 bits per heavy atom. The average molecular weight is 266 g/mol. The Morgan fingerprint density at radius 3 is 2.21 bits per heavy atom. The normalized spacial score (nSPS) is 16.3. The van der Waals surface area contributed by atoms with E-state index in [2.05, 4.69) is 41.7 Å². The molecule has 0 aliphatic carbocycles. The Hall–Kier alpha value is 0.400. The van der Waals surface area contributed by atoms with E-state index in [1.165, 1.54) is 0 Å². The highest BCUT2D eigenvalue weighted by atomic mass is 79.9. The second kappa shape index (κ2) is 7.66. The quantitative estimate of drug-likeness (QED) is 0.715. The summed E-state index contributed by atoms with van der Waals surface area (Å²) in [5.74, 6) is 1.41. The molecule has 0 radical (unpaired) electrons. The summed E-state index contributed by atoms with van der Waals surface area (Å²) in [6.07, 6.45) is 0.683. The van der Waals surface area contributed by atoms with Crippen molar-refractivity contribution in [3.8, 4) is 0 Å². The van der Waals surface area contributed by atoms with E-state index < -0.39 is 0 Å². The summed E-state index contributed by atoms with van der Waals surface area (Å²) < 4.78 is 0. The van der Waals surface area contributed by atoms with Gasteiger partial charge in [0.1, 0.15) is 0 Å². The minimum atomic E-state index is -0.182. The first-order valence-electron chi connectivity index (χ1n) is 5.40. The van der Waals surface area contributed by atoms with Crippen LogP contribution in [0.4, 0.5) is 0 Å². The highest BCUT2D eigenvalue weighted by molar-refractivity contribution is 9.09. The number of nitrogens with zero attached hydrogens (tertiary/aromatic N) is 1. The van der Waals surface area contributed by atoms with Gasteiger partial charge in [0.2, 0.25) is 0 Å². The smallest absolute Gasteiger partial charge is 0.0524 e. The summed E-state index contributed by atoms with van der Waals surface area (Å²) in [6, 6.07) is 0. The second-order valence-corrected chi connectivity index (χ2v) is 5.21. The van der Waals surface area contributed by atoms with E-state index in [1.54, 1.807) is 0 Å². The van der Waals surface area contributed by atoms with E-state index in [1.807, 2.05) is 6.92 Å². The van der Waals surface area contributed by atoms with Crippen LogP contribution in [-0.4, -0.2) is 41.6 Å². The number of hydrogen-bond donors (Lipinski definition) is 1. The third kappa shape index (κ3) is 6.80. The molecule has 0 aromatic carbocycles. The number of alkyl halides is 1. The molecule has 1 N–H and O–H groups in total. The Kier molecular flexibility index (Phi) is 7.88. The Bertz CT molecular complexity index is 139. The number of hydrogen-bond acceptors (Lipinski definition) is 2. The van der Waals surface area contributed by atoms with Crippen molar-refractivity contribution in [2.75, 3.05) is 25.5 Å². The molecule has 2 unspecified atom stereocenters. The van der Waals surface area contributed by atoms with Crippen LogP contribution in [0.2, 0.25) is 0 Å².